The Balaban J connectivity index is 1.92. The summed E-state index contributed by atoms with van der Waals surface area (Å²) in [5, 5.41) is 0. The molecule has 106 valence electrons. The molecule has 0 saturated carbocycles. The molecule has 5 heteroatoms. The Morgan fingerprint density at radius 1 is 0.850 bits per heavy atom. The van der Waals surface area contributed by atoms with Crippen LogP contribution in [0.15, 0.2) is 48.5 Å². The van der Waals surface area contributed by atoms with Gasteiger partial charge in [-0.25, -0.2) is 0 Å². The summed E-state index contributed by atoms with van der Waals surface area (Å²) in [5.74, 6) is 0.222. The van der Waals surface area contributed by atoms with E-state index in [4.69, 9.17) is 4.74 Å². The van der Waals surface area contributed by atoms with Crippen molar-refractivity contribution in [2.75, 3.05) is 0 Å². The van der Waals surface area contributed by atoms with E-state index in [9.17, 15) is 13.2 Å². The van der Waals surface area contributed by atoms with Gasteiger partial charge in [-0.05, 0) is 36.8 Å². The van der Waals surface area contributed by atoms with Gasteiger partial charge in [-0.1, -0.05) is 29.8 Å². The predicted octanol–water partition coefficient (Wildman–Crippen LogP) is 4.47. The summed E-state index contributed by atoms with van der Waals surface area (Å²) in [5.41, 5.74) is 2.15. The smallest absolute Gasteiger partial charge is 0.489 e. The van der Waals surface area contributed by atoms with E-state index in [1.807, 2.05) is 31.2 Å². The molecule has 2 nitrogen and oxygen atoms in total. The summed E-state index contributed by atoms with van der Waals surface area (Å²) in [6, 6.07) is 13.1. The van der Waals surface area contributed by atoms with Crippen LogP contribution in [0.2, 0.25) is 0 Å². The van der Waals surface area contributed by atoms with Crippen molar-refractivity contribution >= 4 is 0 Å². The first-order chi connectivity index (χ1) is 9.42. The Morgan fingerprint density at radius 3 is 1.95 bits per heavy atom. The molecule has 0 aliphatic carbocycles. The maximum Gasteiger partial charge on any atom is 0.573 e. The largest absolute Gasteiger partial charge is 0.573 e. The highest BCUT2D eigenvalue weighted by Gasteiger charge is 2.30. The lowest BCUT2D eigenvalue weighted by Gasteiger charge is -2.10. The lowest BCUT2D eigenvalue weighted by Crippen LogP contribution is -2.16. The standard InChI is InChI=1S/C15H13F3O2/c1-11-2-4-12(5-3-11)10-19-13-6-8-14(9-7-13)20-15(16,17)18/h2-9H,10H2,1H3. The second-order valence-corrected chi connectivity index (χ2v) is 4.29. The van der Waals surface area contributed by atoms with Crippen molar-refractivity contribution in [1.82, 2.24) is 0 Å². The van der Waals surface area contributed by atoms with Gasteiger partial charge < -0.3 is 9.47 Å². The van der Waals surface area contributed by atoms with Crippen molar-refractivity contribution in [2.45, 2.75) is 19.9 Å². The molecule has 2 rings (SSSR count). The van der Waals surface area contributed by atoms with Gasteiger partial charge in [0.25, 0.3) is 0 Å². The van der Waals surface area contributed by atoms with E-state index in [1.165, 1.54) is 24.3 Å². The molecule has 0 spiro atoms. The van der Waals surface area contributed by atoms with Gasteiger partial charge in [0.2, 0.25) is 0 Å². The molecule has 0 radical (unpaired) electrons. The SMILES string of the molecule is Cc1ccc(COc2ccc(OC(F)(F)F)cc2)cc1. The monoisotopic (exact) mass is 282 g/mol. The van der Waals surface area contributed by atoms with Crippen LogP contribution < -0.4 is 9.47 Å². The third kappa shape index (κ3) is 4.50. The number of hydrogen-bond acceptors (Lipinski definition) is 2. The number of alkyl halides is 3. The Kier molecular flexibility index (Phi) is 4.17. The Labute approximate surface area is 114 Å². The van der Waals surface area contributed by atoms with Crippen LogP contribution in [0.3, 0.4) is 0 Å². The van der Waals surface area contributed by atoms with Crippen molar-refractivity contribution in [3.63, 3.8) is 0 Å². The van der Waals surface area contributed by atoms with Crippen molar-refractivity contribution in [3.05, 3.63) is 59.7 Å². The minimum Gasteiger partial charge on any atom is -0.489 e. The van der Waals surface area contributed by atoms with Crippen LogP contribution in [0.25, 0.3) is 0 Å². The molecule has 0 heterocycles. The van der Waals surface area contributed by atoms with Crippen molar-refractivity contribution in [2.24, 2.45) is 0 Å². The number of hydrogen-bond donors (Lipinski definition) is 0. The van der Waals surface area contributed by atoms with Gasteiger partial charge in [0.15, 0.2) is 0 Å². The number of benzene rings is 2. The zero-order chi connectivity index (χ0) is 14.6. The molecule has 0 N–H and O–H groups in total. The van der Waals surface area contributed by atoms with Gasteiger partial charge in [-0.3, -0.25) is 0 Å². The zero-order valence-electron chi connectivity index (χ0n) is 10.8. The summed E-state index contributed by atoms with van der Waals surface area (Å²) in [4.78, 5) is 0. The molecule has 2 aromatic rings. The zero-order valence-corrected chi connectivity index (χ0v) is 10.8. The normalized spacial score (nSPS) is 11.2. The fraction of sp³-hybridized carbons (Fsp3) is 0.200. The fourth-order valence-electron chi connectivity index (χ4n) is 1.59. The molecular weight excluding hydrogens is 269 g/mol. The molecule has 20 heavy (non-hydrogen) atoms. The minimum atomic E-state index is -4.68. The molecule has 0 fully saturated rings. The fourth-order valence-corrected chi connectivity index (χ4v) is 1.59. The van der Waals surface area contributed by atoms with Crippen LogP contribution in [0.1, 0.15) is 11.1 Å². The van der Waals surface area contributed by atoms with Gasteiger partial charge in [0, 0.05) is 0 Å². The first-order valence-electron chi connectivity index (χ1n) is 5.96. The topological polar surface area (TPSA) is 18.5 Å². The number of aryl methyl sites for hydroxylation is 1. The second kappa shape index (κ2) is 5.86. The van der Waals surface area contributed by atoms with E-state index in [0.29, 0.717) is 12.4 Å². The highest BCUT2D eigenvalue weighted by molar-refractivity contribution is 5.31. The van der Waals surface area contributed by atoms with Crippen LogP contribution in [0.4, 0.5) is 13.2 Å². The van der Waals surface area contributed by atoms with Crippen molar-refractivity contribution in [3.8, 4) is 11.5 Å². The summed E-state index contributed by atoms with van der Waals surface area (Å²) in [6.07, 6.45) is -4.68. The molecule has 0 bridgehead atoms. The average molecular weight is 282 g/mol. The van der Waals surface area contributed by atoms with Gasteiger partial charge in [-0.2, -0.15) is 0 Å². The van der Waals surface area contributed by atoms with E-state index in [2.05, 4.69) is 4.74 Å². The lowest BCUT2D eigenvalue weighted by atomic mass is 10.2. The van der Waals surface area contributed by atoms with Crippen LogP contribution in [-0.4, -0.2) is 6.36 Å². The van der Waals surface area contributed by atoms with E-state index in [0.717, 1.165) is 11.1 Å². The molecule has 0 unspecified atom stereocenters. The molecule has 2 aromatic carbocycles. The Hall–Kier alpha value is -2.17. The van der Waals surface area contributed by atoms with E-state index in [-0.39, 0.29) is 5.75 Å². The molecule has 0 saturated heterocycles. The van der Waals surface area contributed by atoms with Crippen molar-refractivity contribution in [1.29, 1.82) is 0 Å². The quantitative estimate of drug-likeness (QED) is 0.823. The third-order valence-corrected chi connectivity index (χ3v) is 2.58. The lowest BCUT2D eigenvalue weighted by molar-refractivity contribution is -0.274. The van der Waals surface area contributed by atoms with Crippen LogP contribution in [0.5, 0.6) is 11.5 Å². The average Bonchev–Trinajstić information content (AvgIpc) is 2.38. The first-order valence-corrected chi connectivity index (χ1v) is 5.96. The highest BCUT2D eigenvalue weighted by Crippen LogP contribution is 2.25. The van der Waals surface area contributed by atoms with Gasteiger partial charge in [0.05, 0.1) is 0 Å². The molecule has 0 aliphatic rings. The third-order valence-electron chi connectivity index (χ3n) is 2.58. The molecule has 0 atom stereocenters. The van der Waals surface area contributed by atoms with Gasteiger partial charge >= 0.3 is 6.36 Å². The Bertz CT molecular complexity index is 545. The minimum absolute atomic E-state index is 0.264. The summed E-state index contributed by atoms with van der Waals surface area (Å²) in [7, 11) is 0. The number of halogens is 3. The van der Waals surface area contributed by atoms with Gasteiger partial charge in [0.1, 0.15) is 18.1 Å². The summed E-state index contributed by atoms with van der Waals surface area (Å²) < 4.78 is 45.2. The number of ether oxygens (including phenoxy) is 2. The van der Waals surface area contributed by atoms with E-state index < -0.39 is 6.36 Å². The van der Waals surface area contributed by atoms with Crippen molar-refractivity contribution < 1.29 is 22.6 Å². The highest BCUT2D eigenvalue weighted by atomic mass is 19.4. The second-order valence-electron chi connectivity index (χ2n) is 4.29. The Morgan fingerprint density at radius 2 is 1.40 bits per heavy atom. The maximum atomic E-state index is 12.0. The summed E-state index contributed by atoms with van der Waals surface area (Å²) >= 11 is 0. The summed E-state index contributed by atoms with van der Waals surface area (Å²) in [6.45, 7) is 2.35. The van der Waals surface area contributed by atoms with Crippen LogP contribution in [-0.2, 0) is 6.61 Å². The van der Waals surface area contributed by atoms with Gasteiger partial charge in [-0.15, -0.1) is 13.2 Å². The maximum absolute atomic E-state index is 12.0. The molecular formula is C15H13F3O2. The van der Waals surface area contributed by atoms with E-state index >= 15 is 0 Å². The first kappa shape index (κ1) is 14.2. The van der Waals surface area contributed by atoms with E-state index in [1.54, 1.807) is 0 Å². The predicted molar refractivity (Wildman–Crippen MR) is 68.6 cm³/mol. The molecule has 0 aliphatic heterocycles. The van der Waals surface area contributed by atoms with Crippen LogP contribution in [0, 0.1) is 6.92 Å². The van der Waals surface area contributed by atoms with Crippen LogP contribution >= 0.6 is 0 Å². The number of rotatable bonds is 4. The molecule has 0 amide bonds. The molecule has 0 aromatic heterocycles.